The largest absolute Gasteiger partial charge is 0.491 e. The third-order valence-corrected chi connectivity index (χ3v) is 5.17. The number of rotatable bonds is 11. The van der Waals surface area contributed by atoms with Gasteiger partial charge in [0.1, 0.15) is 36.7 Å². The zero-order valence-corrected chi connectivity index (χ0v) is 21.0. The van der Waals surface area contributed by atoms with E-state index in [0.717, 1.165) is 6.42 Å². The first kappa shape index (κ1) is 26.8. The van der Waals surface area contributed by atoms with E-state index in [2.05, 4.69) is 46.7 Å². The Morgan fingerprint density at radius 2 is 1.72 bits per heavy atom. The van der Waals surface area contributed by atoms with Crippen LogP contribution in [0.5, 0.6) is 5.75 Å². The number of aromatic nitrogens is 2. The van der Waals surface area contributed by atoms with Gasteiger partial charge in [0.25, 0.3) is 0 Å². The van der Waals surface area contributed by atoms with Gasteiger partial charge in [0.2, 0.25) is 11.8 Å². The summed E-state index contributed by atoms with van der Waals surface area (Å²) >= 11 is 0. The summed E-state index contributed by atoms with van der Waals surface area (Å²) in [6.45, 7) is 7.47. The Bertz CT molecular complexity index is 1200. The maximum absolute atomic E-state index is 14.9. The highest BCUT2D eigenvalue weighted by Gasteiger charge is 2.14. The number of carbonyl (C=O) groups excluding carboxylic acids is 2. The second-order valence-corrected chi connectivity index (χ2v) is 9.45. The molecule has 0 bridgehead atoms. The zero-order valence-electron chi connectivity index (χ0n) is 21.0. The van der Waals surface area contributed by atoms with E-state index in [0.29, 0.717) is 48.2 Å². The first-order valence-electron chi connectivity index (χ1n) is 11.6. The van der Waals surface area contributed by atoms with Gasteiger partial charge < -0.3 is 25.4 Å². The quantitative estimate of drug-likeness (QED) is 0.265. The summed E-state index contributed by atoms with van der Waals surface area (Å²) in [4.78, 5) is 32.5. The molecule has 36 heavy (non-hydrogen) atoms. The van der Waals surface area contributed by atoms with E-state index < -0.39 is 11.7 Å². The minimum atomic E-state index is -0.521. The molecule has 0 aliphatic heterocycles. The molecule has 0 aliphatic rings. The molecule has 0 radical (unpaired) electrons. The van der Waals surface area contributed by atoms with E-state index >= 15 is 0 Å². The number of anilines is 3. The topological polar surface area (TPSA) is 114 Å². The van der Waals surface area contributed by atoms with Gasteiger partial charge in [0.05, 0.1) is 17.5 Å². The first-order chi connectivity index (χ1) is 17.1. The third kappa shape index (κ3) is 8.16. The minimum Gasteiger partial charge on any atom is -0.491 e. The fourth-order valence-electron chi connectivity index (χ4n) is 3.30. The fraction of sp³-hybridized carbons (Fsp3) is 0.385. The van der Waals surface area contributed by atoms with Crippen molar-refractivity contribution in [1.29, 1.82) is 0 Å². The molecule has 2 aromatic carbocycles. The molecule has 0 spiro atoms. The van der Waals surface area contributed by atoms with Crippen LogP contribution in [0.3, 0.4) is 0 Å². The summed E-state index contributed by atoms with van der Waals surface area (Å²) in [6, 6.07) is 9.71. The van der Waals surface area contributed by atoms with E-state index in [-0.39, 0.29) is 23.1 Å². The van der Waals surface area contributed by atoms with Crippen molar-refractivity contribution >= 4 is 39.9 Å². The lowest BCUT2D eigenvalue weighted by Gasteiger charge is -2.17. The molecule has 0 unspecified atom stereocenters. The molecule has 3 rings (SSSR count). The Balaban J connectivity index is 1.60. The number of methoxy groups -OCH3 is 1. The molecule has 10 heteroatoms. The Morgan fingerprint density at radius 3 is 2.42 bits per heavy atom. The average molecular weight is 498 g/mol. The second-order valence-electron chi connectivity index (χ2n) is 9.45. The highest BCUT2D eigenvalue weighted by atomic mass is 19.1. The van der Waals surface area contributed by atoms with E-state index in [1.807, 2.05) is 0 Å². The van der Waals surface area contributed by atoms with Gasteiger partial charge in [-0.05, 0) is 36.1 Å². The maximum Gasteiger partial charge on any atom is 0.233 e. The summed E-state index contributed by atoms with van der Waals surface area (Å²) in [5.74, 6) is -0.599. The minimum absolute atomic E-state index is 0.108. The number of hydrogen-bond donors (Lipinski definition) is 3. The predicted octanol–water partition coefficient (Wildman–Crippen LogP) is 4.42. The summed E-state index contributed by atoms with van der Waals surface area (Å²) in [6.07, 6.45) is 1.90. The van der Waals surface area contributed by atoms with E-state index in [4.69, 9.17) is 9.47 Å². The molecule has 9 nitrogen and oxygen atoms in total. The molecule has 2 amide bonds. The fourth-order valence-corrected chi connectivity index (χ4v) is 3.30. The maximum atomic E-state index is 14.9. The van der Waals surface area contributed by atoms with Crippen LogP contribution in [0, 0.1) is 11.2 Å². The lowest BCUT2D eigenvalue weighted by molar-refractivity contribution is -0.126. The van der Waals surface area contributed by atoms with E-state index in [1.165, 1.54) is 12.4 Å². The number of hydrogen-bond acceptors (Lipinski definition) is 7. The molecule has 1 heterocycles. The van der Waals surface area contributed by atoms with Gasteiger partial charge in [-0.15, -0.1) is 0 Å². The van der Waals surface area contributed by atoms with Gasteiger partial charge in [-0.3, -0.25) is 9.59 Å². The molecule has 1 aromatic heterocycles. The Morgan fingerprint density at radius 1 is 1.00 bits per heavy atom. The molecular weight excluding hydrogens is 465 g/mol. The van der Waals surface area contributed by atoms with Crippen LogP contribution in [0.2, 0.25) is 0 Å². The smallest absolute Gasteiger partial charge is 0.233 e. The van der Waals surface area contributed by atoms with Crippen molar-refractivity contribution in [2.24, 2.45) is 5.41 Å². The molecule has 0 fully saturated rings. The highest BCUT2D eigenvalue weighted by molar-refractivity contribution is 6.03. The van der Waals surface area contributed by atoms with Crippen LogP contribution in [-0.4, -0.2) is 48.7 Å². The Kier molecular flexibility index (Phi) is 9.13. The lowest BCUT2D eigenvalue weighted by atomic mass is 9.92. The van der Waals surface area contributed by atoms with Gasteiger partial charge in [-0.2, -0.15) is 0 Å². The Hall–Kier alpha value is -3.79. The molecule has 0 saturated carbocycles. The molecule has 3 N–H and O–H groups in total. The van der Waals surface area contributed by atoms with Crippen molar-refractivity contribution in [3.63, 3.8) is 0 Å². The average Bonchev–Trinajstić information content (AvgIpc) is 2.79. The number of carbonyl (C=O) groups is 2. The molecule has 3 aromatic rings. The van der Waals surface area contributed by atoms with Crippen molar-refractivity contribution < 1.29 is 23.5 Å². The van der Waals surface area contributed by atoms with Crippen molar-refractivity contribution in [1.82, 2.24) is 15.3 Å². The van der Waals surface area contributed by atoms with Gasteiger partial charge >= 0.3 is 0 Å². The molecule has 0 saturated heterocycles. The number of fused-ring (bicyclic) bond motifs is 1. The summed E-state index contributed by atoms with van der Waals surface area (Å²) < 4.78 is 25.3. The molecule has 0 aliphatic carbocycles. The van der Waals surface area contributed by atoms with Gasteiger partial charge in [-0.1, -0.05) is 20.8 Å². The van der Waals surface area contributed by atoms with Crippen molar-refractivity contribution in [2.75, 3.05) is 37.5 Å². The van der Waals surface area contributed by atoms with Crippen molar-refractivity contribution in [3.05, 3.63) is 48.5 Å². The van der Waals surface area contributed by atoms with Crippen LogP contribution in [0.15, 0.2) is 42.7 Å². The van der Waals surface area contributed by atoms with Crippen LogP contribution >= 0.6 is 0 Å². The van der Waals surface area contributed by atoms with Crippen LogP contribution in [-0.2, 0) is 14.3 Å². The summed E-state index contributed by atoms with van der Waals surface area (Å²) in [5.41, 5.74) is 1.67. The van der Waals surface area contributed by atoms with Crippen LogP contribution in [0.4, 0.5) is 21.6 Å². The van der Waals surface area contributed by atoms with Crippen molar-refractivity contribution in [2.45, 2.75) is 33.6 Å². The molecular formula is C26H32FN5O4. The summed E-state index contributed by atoms with van der Waals surface area (Å²) in [5, 5.41) is 8.77. The van der Waals surface area contributed by atoms with E-state index in [9.17, 15) is 14.0 Å². The second kappa shape index (κ2) is 12.3. The van der Waals surface area contributed by atoms with Crippen LogP contribution < -0.4 is 20.7 Å². The number of halogens is 1. The lowest BCUT2D eigenvalue weighted by Crippen LogP contribution is -2.30. The normalized spacial score (nSPS) is 11.2. The third-order valence-electron chi connectivity index (χ3n) is 5.17. The monoisotopic (exact) mass is 497 g/mol. The number of ether oxygens (including phenoxy) is 2. The number of amides is 2. The molecule has 0 atom stereocenters. The molecule has 192 valence electrons. The predicted molar refractivity (Wildman–Crippen MR) is 137 cm³/mol. The van der Waals surface area contributed by atoms with Gasteiger partial charge in [-0.25, -0.2) is 14.4 Å². The summed E-state index contributed by atoms with van der Waals surface area (Å²) in [7, 11) is 1.56. The van der Waals surface area contributed by atoms with Crippen molar-refractivity contribution in [3.8, 4) is 5.75 Å². The first-order valence-corrected chi connectivity index (χ1v) is 11.6. The van der Waals surface area contributed by atoms with Gasteiger partial charge in [0.15, 0.2) is 0 Å². The zero-order chi connectivity index (χ0) is 26.1. The number of benzene rings is 2. The van der Waals surface area contributed by atoms with Crippen LogP contribution in [0.1, 0.15) is 33.6 Å². The SMILES string of the molecule is COCCOc1cc(F)c2c(Nc3ccc(NC(=O)CC(=O)NCCC(C)(C)C)cc3)ncnc2c1. The highest BCUT2D eigenvalue weighted by Crippen LogP contribution is 2.29. The standard InChI is InChI=1S/C26H32FN5O4/c1-26(2,3)9-10-28-22(33)15-23(34)31-17-5-7-18(8-6-17)32-25-24-20(27)13-19(36-12-11-35-4)14-21(24)29-16-30-25/h5-8,13-14,16H,9-12,15H2,1-4H3,(H,28,33)(H,31,34)(H,29,30,32). The van der Waals surface area contributed by atoms with Crippen LogP contribution in [0.25, 0.3) is 10.9 Å². The number of nitrogens with one attached hydrogen (secondary N) is 3. The Labute approximate surface area is 209 Å². The van der Waals surface area contributed by atoms with E-state index in [1.54, 1.807) is 37.4 Å². The number of nitrogens with zero attached hydrogens (tertiary/aromatic N) is 2. The van der Waals surface area contributed by atoms with Gasteiger partial charge in [0, 0.05) is 37.2 Å².